The Morgan fingerprint density at radius 1 is 1.38 bits per heavy atom. The first-order valence-electron chi connectivity index (χ1n) is 7.67. The lowest BCUT2D eigenvalue weighted by Gasteiger charge is -2.31. The molecule has 1 heterocycles. The van der Waals surface area contributed by atoms with Crippen molar-refractivity contribution in [1.29, 1.82) is 0 Å². The Morgan fingerprint density at radius 3 is 2.75 bits per heavy atom. The third-order valence-electron chi connectivity index (χ3n) is 3.76. The van der Waals surface area contributed by atoms with Crippen molar-refractivity contribution < 1.29 is 17.9 Å². The zero-order chi connectivity index (χ0) is 16.9. The number of guanidine groups is 1. The number of benzene rings is 1. The minimum Gasteiger partial charge on any atom is -0.484 e. The van der Waals surface area contributed by atoms with Crippen LogP contribution in [0.25, 0.3) is 0 Å². The molecule has 1 unspecified atom stereocenters. The first kappa shape index (κ1) is 20.9. The fourth-order valence-electron chi connectivity index (χ4n) is 2.60. The summed E-state index contributed by atoms with van der Waals surface area (Å²) in [5, 5.41) is 0. The molecule has 1 aromatic rings. The van der Waals surface area contributed by atoms with E-state index < -0.39 is 12.8 Å². The lowest BCUT2D eigenvalue weighted by atomic mass is 10.0. The molecule has 0 amide bonds. The smallest absolute Gasteiger partial charge is 0.422 e. The van der Waals surface area contributed by atoms with Crippen LogP contribution in [0.5, 0.6) is 5.75 Å². The third kappa shape index (κ3) is 6.74. The number of halogens is 4. The second kappa shape index (κ2) is 9.33. The summed E-state index contributed by atoms with van der Waals surface area (Å²) in [4.78, 5) is 6.34. The highest BCUT2D eigenvalue weighted by Crippen LogP contribution is 2.23. The van der Waals surface area contributed by atoms with Crippen LogP contribution in [0.2, 0.25) is 0 Å². The second-order valence-corrected chi connectivity index (χ2v) is 5.88. The largest absolute Gasteiger partial charge is 0.484 e. The summed E-state index contributed by atoms with van der Waals surface area (Å²) in [6.07, 6.45) is -2.11. The van der Waals surface area contributed by atoms with Crippen LogP contribution in [0, 0.1) is 5.92 Å². The number of ether oxygens (including phenoxy) is 1. The van der Waals surface area contributed by atoms with E-state index in [0.717, 1.165) is 19.5 Å². The Bertz CT molecular complexity index is 552. The van der Waals surface area contributed by atoms with Gasteiger partial charge in [0.25, 0.3) is 0 Å². The molecule has 4 nitrogen and oxygen atoms in total. The molecule has 24 heavy (non-hydrogen) atoms. The SMILES string of the molecule is CC1CCCN(C(N)=NCc2ccccc2OCC(F)(F)F)C1.I. The van der Waals surface area contributed by atoms with Crippen molar-refractivity contribution in [3.8, 4) is 5.75 Å². The van der Waals surface area contributed by atoms with Crippen LogP contribution in [0.3, 0.4) is 0 Å². The Kier molecular flexibility index (Phi) is 8.11. The summed E-state index contributed by atoms with van der Waals surface area (Å²) in [5.74, 6) is 1.19. The molecule has 1 aliphatic rings. The molecule has 136 valence electrons. The zero-order valence-corrected chi connectivity index (χ0v) is 15.9. The van der Waals surface area contributed by atoms with Gasteiger partial charge in [-0.3, -0.25) is 0 Å². The lowest BCUT2D eigenvalue weighted by Crippen LogP contribution is -2.43. The van der Waals surface area contributed by atoms with Gasteiger partial charge >= 0.3 is 6.18 Å². The summed E-state index contributed by atoms with van der Waals surface area (Å²) >= 11 is 0. The lowest BCUT2D eigenvalue weighted by molar-refractivity contribution is -0.153. The van der Waals surface area contributed by atoms with Crippen LogP contribution < -0.4 is 10.5 Å². The molecule has 8 heteroatoms. The first-order valence-corrected chi connectivity index (χ1v) is 7.67. The number of aliphatic imine (C=N–C) groups is 1. The van der Waals surface area contributed by atoms with Crippen molar-refractivity contribution >= 4 is 29.9 Å². The van der Waals surface area contributed by atoms with Gasteiger partial charge in [0.1, 0.15) is 5.75 Å². The summed E-state index contributed by atoms with van der Waals surface area (Å²) in [6.45, 7) is 2.78. The van der Waals surface area contributed by atoms with Crippen LogP contribution in [-0.2, 0) is 6.54 Å². The number of hydrogen-bond donors (Lipinski definition) is 1. The number of hydrogen-bond acceptors (Lipinski definition) is 2. The normalized spacial score (nSPS) is 18.9. The van der Waals surface area contributed by atoms with Gasteiger partial charge in [0.05, 0.1) is 6.54 Å². The maximum Gasteiger partial charge on any atom is 0.422 e. The number of alkyl halides is 3. The van der Waals surface area contributed by atoms with E-state index in [-0.39, 0.29) is 36.3 Å². The number of likely N-dealkylation sites (tertiary alicyclic amines) is 1. The molecular formula is C16H23F3IN3O. The van der Waals surface area contributed by atoms with Crippen LogP contribution >= 0.6 is 24.0 Å². The van der Waals surface area contributed by atoms with Crippen molar-refractivity contribution in [3.63, 3.8) is 0 Å². The highest BCUT2D eigenvalue weighted by molar-refractivity contribution is 14.0. The minimum atomic E-state index is -4.36. The van der Waals surface area contributed by atoms with E-state index in [2.05, 4.69) is 11.9 Å². The Labute approximate surface area is 157 Å². The van der Waals surface area contributed by atoms with Crippen LogP contribution in [0.4, 0.5) is 13.2 Å². The molecule has 1 fully saturated rings. The van der Waals surface area contributed by atoms with E-state index >= 15 is 0 Å². The second-order valence-electron chi connectivity index (χ2n) is 5.88. The predicted molar refractivity (Wildman–Crippen MR) is 98.7 cm³/mol. The Balaban J connectivity index is 0.00000288. The van der Waals surface area contributed by atoms with Gasteiger partial charge in [-0.15, -0.1) is 24.0 Å². The first-order chi connectivity index (χ1) is 10.8. The molecule has 1 aliphatic heterocycles. The summed E-state index contributed by atoms with van der Waals surface area (Å²) in [5.41, 5.74) is 6.59. The van der Waals surface area contributed by atoms with Gasteiger partial charge in [0.15, 0.2) is 12.6 Å². The Morgan fingerprint density at radius 2 is 2.08 bits per heavy atom. The van der Waals surface area contributed by atoms with E-state index in [1.807, 2.05) is 4.90 Å². The molecule has 1 aromatic carbocycles. The van der Waals surface area contributed by atoms with E-state index in [4.69, 9.17) is 10.5 Å². The van der Waals surface area contributed by atoms with Gasteiger partial charge < -0.3 is 15.4 Å². The summed E-state index contributed by atoms with van der Waals surface area (Å²) < 4.78 is 41.7. The average Bonchev–Trinajstić information content (AvgIpc) is 2.50. The van der Waals surface area contributed by atoms with Gasteiger partial charge in [-0.05, 0) is 24.8 Å². The van der Waals surface area contributed by atoms with Gasteiger partial charge in [0.2, 0.25) is 0 Å². The quantitative estimate of drug-likeness (QED) is 0.426. The fourth-order valence-corrected chi connectivity index (χ4v) is 2.60. The molecule has 0 radical (unpaired) electrons. The van der Waals surface area contributed by atoms with Gasteiger partial charge in [-0.25, -0.2) is 4.99 Å². The van der Waals surface area contributed by atoms with Gasteiger partial charge in [-0.2, -0.15) is 13.2 Å². The molecule has 1 atom stereocenters. The van der Waals surface area contributed by atoms with E-state index in [1.54, 1.807) is 18.2 Å². The molecule has 2 N–H and O–H groups in total. The van der Waals surface area contributed by atoms with Crippen molar-refractivity contribution in [1.82, 2.24) is 4.90 Å². The van der Waals surface area contributed by atoms with Gasteiger partial charge in [0, 0.05) is 18.7 Å². The van der Waals surface area contributed by atoms with E-state index in [1.165, 1.54) is 12.5 Å². The maximum atomic E-state index is 12.3. The van der Waals surface area contributed by atoms with Gasteiger partial charge in [-0.1, -0.05) is 25.1 Å². The maximum absolute atomic E-state index is 12.3. The van der Waals surface area contributed by atoms with Crippen LogP contribution in [0.15, 0.2) is 29.3 Å². The number of rotatable bonds is 4. The van der Waals surface area contributed by atoms with E-state index in [0.29, 0.717) is 17.4 Å². The molecule has 0 aromatic heterocycles. The highest BCUT2D eigenvalue weighted by Gasteiger charge is 2.28. The summed E-state index contributed by atoms with van der Waals surface area (Å²) in [6, 6.07) is 6.58. The third-order valence-corrected chi connectivity index (χ3v) is 3.76. The topological polar surface area (TPSA) is 50.8 Å². The standard InChI is InChI=1S/C16H22F3N3O.HI/c1-12-5-4-8-22(10-12)15(20)21-9-13-6-2-3-7-14(13)23-11-16(17,18)19;/h2-3,6-7,12H,4-5,8-11H2,1H3,(H2,20,21);1H. The monoisotopic (exact) mass is 457 g/mol. The minimum absolute atomic E-state index is 0. The zero-order valence-electron chi connectivity index (χ0n) is 13.6. The highest BCUT2D eigenvalue weighted by atomic mass is 127. The predicted octanol–water partition coefficient (Wildman–Crippen LogP) is 3.79. The average molecular weight is 457 g/mol. The Hall–Kier alpha value is -1.19. The van der Waals surface area contributed by atoms with Crippen LogP contribution in [-0.4, -0.2) is 36.7 Å². The van der Waals surface area contributed by atoms with Crippen molar-refractivity contribution in [2.45, 2.75) is 32.5 Å². The summed E-state index contributed by atoms with van der Waals surface area (Å²) in [7, 11) is 0. The van der Waals surface area contributed by atoms with Crippen molar-refractivity contribution in [3.05, 3.63) is 29.8 Å². The fraction of sp³-hybridized carbons (Fsp3) is 0.562. The molecule has 1 saturated heterocycles. The molecule has 0 aliphatic carbocycles. The molecule has 2 rings (SSSR count). The van der Waals surface area contributed by atoms with E-state index in [9.17, 15) is 13.2 Å². The number of nitrogens with two attached hydrogens (primary N) is 1. The number of piperidine rings is 1. The molecular weight excluding hydrogens is 434 g/mol. The van der Waals surface area contributed by atoms with Crippen molar-refractivity contribution in [2.75, 3.05) is 19.7 Å². The number of nitrogens with zero attached hydrogens (tertiary/aromatic N) is 2. The van der Waals surface area contributed by atoms with Crippen LogP contribution in [0.1, 0.15) is 25.3 Å². The molecule has 0 spiro atoms. The molecule has 0 bridgehead atoms. The molecule has 0 saturated carbocycles. The van der Waals surface area contributed by atoms with Crippen molar-refractivity contribution in [2.24, 2.45) is 16.6 Å². The number of para-hydroxylation sites is 1.